The normalized spacial score (nSPS) is 15.5. The molecule has 9 heteroatoms. The first-order valence-electron chi connectivity index (χ1n) is 11.9. The third-order valence-electron chi connectivity index (χ3n) is 6.02. The molecule has 2 N–H and O–H groups in total. The number of urea groups is 1. The van der Waals surface area contributed by atoms with E-state index in [4.69, 9.17) is 27.5 Å². The van der Waals surface area contributed by atoms with Gasteiger partial charge in [-0.15, -0.1) is 6.42 Å². The molecule has 0 bridgehead atoms. The number of methoxy groups -OCH3 is 1. The van der Waals surface area contributed by atoms with Crippen molar-refractivity contribution in [3.05, 3.63) is 94.5 Å². The third kappa shape index (κ3) is 6.14. The summed E-state index contributed by atoms with van der Waals surface area (Å²) in [5, 5.41) is 5.69. The van der Waals surface area contributed by atoms with Gasteiger partial charge >= 0.3 is 6.03 Å². The number of rotatable bonds is 10. The lowest BCUT2D eigenvalue weighted by Gasteiger charge is -2.25. The molecular weight excluding hydrogens is 506 g/mol. The zero-order valence-corrected chi connectivity index (χ0v) is 21.4. The molecular formula is C29H26ClN3O5. The van der Waals surface area contributed by atoms with E-state index >= 15 is 0 Å². The molecule has 38 heavy (non-hydrogen) atoms. The number of hydrogen-bond donors (Lipinski definition) is 2. The molecule has 1 heterocycles. The van der Waals surface area contributed by atoms with Gasteiger partial charge in [-0.1, -0.05) is 60.0 Å². The van der Waals surface area contributed by atoms with Crippen LogP contribution in [0.25, 0.3) is 0 Å². The van der Waals surface area contributed by atoms with Crippen LogP contribution >= 0.6 is 11.6 Å². The van der Waals surface area contributed by atoms with E-state index in [0.717, 1.165) is 10.5 Å². The van der Waals surface area contributed by atoms with Gasteiger partial charge in [-0.05, 0) is 41.5 Å². The summed E-state index contributed by atoms with van der Waals surface area (Å²) in [6.45, 7) is 0.826. The van der Waals surface area contributed by atoms with Crippen molar-refractivity contribution in [3.63, 3.8) is 0 Å². The second kappa shape index (κ2) is 12.3. The van der Waals surface area contributed by atoms with Gasteiger partial charge in [-0.2, -0.15) is 0 Å². The van der Waals surface area contributed by atoms with Crippen molar-refractivity contribution in [1.29, 1.82) is 0 Å². The topological polar surface area (TPSA) is 97.0 Å². The predicted molar refractivity (Wildman–Crippen MR) is 144 cm³/mol. The number of carbonyl (C=O) groups excluding carboxylic acids is 3. The zero-order chi connectivity index (χ0) is 27.1. The van der Waals surface area contributed by atoms with Crippen LogP contribution in [0.2, 0.25) is 5.02 Å². The lowest BCUT2D eigenvalue weighted by Crippen LogP contribution is -2.49. The largest absolute Gasteiger partial charge is 0.491 e. The highest BCUT2D eigenvalue weighted by molar-refractivity contribution is 6.34. The summed E-state index contributed by atoms with van der Waals surface area (Å²) in [7, 11) is 1.58. The Morgan fingerprint density at radius 3 is 2.50 bits per heavy atom. The van der Waals surface area contributed by atoms with Gasteiger partial charge in [0, 0.05) is 19.1 Å². The molecule has 1 fully saturated rings. The average molecular weight is 532 g/mol. The highest BCUT2D eigenvalue weighted by atomic mass is 35.5. The highest BCUT2D eigenvalue weighted by Crippen LogP contribution is 2.28. The molecule has 2 atom stereocenters. The first-order chi connectivity index (χ1) is 18.4. The van der Waals surface area contributed by atoms with Gasteiger partial charge in [-0.3, -0.25) is 9.59 Å². The predicted octanol–water partition coefficient (Wildman–Crippen LogP) is 4.19. The lowest BCUT2D eigenvalue weighted by atomic mass is 10.0. The van der Waals surface area contributed by atoms with Gasteiger partial charge in [0.1, 0.15) is 24.4 Å². The van der Waals surface area contributed by atoms with Crippen molar-refractivity contribution < 1.29 is 23.9 Å². The number of carbonyl (C=O) groups is 3. The summed E-state index contributed by atoms with van der Waals surface area (Å²) in [6.07, 6.45) is 5.53. The third-order valence-corrected chi connectivity index (χ3v) is 6.33. The molecule has 1 aliphatic rings. The molecule has 0 saturated carbocycles. The van der Waals surface area contributed by atoms with Crippen LogP contribution in [0.4, 0.5) is 10.5 Å². The minimum Gasteiger partial charge on any atom is -0.491 e. The van der Waals surface area contributed by atoms with E-state index in [9.17, 15) is 14.4 Å². The number of amides is 4. The van der Waals surface area contributed by atoms with E-state index in [2.05, 4.69) is 16.6 Å². The van der Waals surface area contributed by atoms with Crippen LogP contribution in [0.5, 0.6) is 5.75 Å². The Labute approximate surface area is 225 Å². The molecule has 4 rings (SSSR count). The SMILES string of the molecule is C#Cc1ccc(NC(=O)[C@H](Cc2ccccc2)N2C(=O)N[C@H](c3ccc(OCCOC)cc3)C2=O)c(Cl)c1. The number of hydrogen-bond acceptors (Lipinski definition) is 5. The Morgan fingerprint density at radius 1 is 1.11 bits per heavy atom. The van der Waals surface area contributed by atoms with Crippen LogP contribution in [0.15, 0.2) is 72.8 Å². The molecule has 8 nitrogen and oxygen atoms in total. The van der Waals surface area contributed by atoms with E-state index < -0.39 is 29.9 Å². The Balaban J connectivity index is 1.57. The van der Waals surface area contributed by atoms with Crippen molar-refractivity contribution in [2.75, 3.05) is 25.6 Å². The van der Waals surface area contributed by atoms with Gasteiger partial charge in [0.15, 0.2) is 0 Å². The maximum absolute atomic E-state index is 13.5. The quantitative estimate of drug-likeness (QED) is 0.232. The van der Waals surface area contributed by atoms with Crippen LogP contribution in [0.1, 0.15) is 22.7 Å². The molecule has 3 aromatic rings. The molecule has 0 unspecified atom stereocenters. The minimum absolute atomic E-state index is 0.116. The summed E-state index contributed by atoms with van der Waals surface area (Å²) in [5.41, 5.74) is 2.22. The molecule has 0 spiro atoms. The summed E-state index contributed by atoms with van der Waals surface area (Å²) < 4.78 is 10.5. The van der Waals surface area contributed by atoms with Crippen LogP contribution < -0.4 is 15.4 Å². The summed E-state index contributed by atoms with van der Waals surface area (Å²) >= 11 is 6.30. The van der Waals surface area contributed by atoms with Crippen molar-refractivity contribution in [3.8, 4) is 18.1 Å². The number of ether oxygens (including phenoxy) is 2. The molecule has 0 aromatic heterocycles. The van der Waals surface area contributed by atoms with Crippen molar-refractivity contribution in [1.82, 2.24) is 10.2 Å². The Bertz CT molecular complexity index is 1350. The molecule has 194 valence electrons. The monoisotopic (exact) mass is 531 g/mol. The maximum Gasteiger partial charge on any atom is 0.325 e. The van der Waals surface area contributed by atoms with Crippen LogP contribution in [-0.2, 0) is 20.7 Å². The standard InChI is InChI=1S/C29H26ClN3O5/c1-3-19-9-14-24(23(30)17-19)31-27(34)25(18-20-7-5-4-6-8-20)33-28(35)26(32-29(33)36)21-10-12-22(13-11-21)38-16-15-37-2/h1,4-14,17,25-26H,15-16,18H2,2H3,(H,31,34)(H,32,36)/t25-,26+/m0/s1. The van der Waals surface area contributed by atoms with Crippen molar-refractivity contribution in [2.45, 2.75) is 18.5 Å². The smallest absolute Gasteiger partial charge is 0.325 e. The Hall–Kier alpha value is -4.32. The number of halogens is 1. The van der Waals surface area contributed by atoms with Crippen LogP contribution in [0.3, 0.4) is 0 Å². The number of imide groups is 1. The molecule has 1 saturated heterocycles. The summed E-state index contributed by atoms with van der Waals surface area (Å²) in [4.78, 5) is 41.1. The van der Waals surface area contributed by atoms with Crippen LogP contribution in [0, 0.1) is 12.3 Å². The Morgan fingerprint density at radius 2 is 1.84 bits per heavy atom. The highest BCUT2D eigenvalue weighted by Gasteiger charge is 2.45. The molecule has 3 aromatic carbocycles. The van der Waals surface area contributed by atoms with Gasteiger partial charge in [0.2, 0.25) is 5.91 Å². The van der Waals surface area contributed by atoms with E-state index in [1.807, 2.05) is 30.3 Å². The van der Waals surface area contributed by atoms with Crippen molar-refractivity contribution in [2.24, 2.45) is 0 Å². The summed E-state index contributed by atoms with van der Waals surface area (Å²) in [5.74, 6) is 1.99. The fourth-order valence-electron chi connectivity index (χ4n) is 4.08. The van der Waals surface area contributed by atoms with E-state index in [1.54, 1.807) is 49.6 Å². The number of nitrogens with zero attached hydrogens (tertiary/aromatic N) is 1. The zero-order valence-electron chi connectivity index (χ0n) is 20.6. The van der Waals surface area contributed by atoms with Gasteiger partial charge in [0.25, 0.3) is 5.91 Å². The van der Waals surface area contributed by atoms with Gasteiger partial charge in [0.05, 0.1) is 17.3 Å². The lowest BCUT2D eigenvalue weighted by molar-refractivity contribution is -0.134. The second-order valence-corrected chi connectivity index (χ2v) is 8.94. The molecule has 1 aliphatic heterocycles. The maximum atomic E-state index is 13.5. The first kappa shape index (κ1) is 26.7. The van der Waals surface area contributed by atoms with E-state index in [0.29, 0.717) is 35.8 Å². The molecule has 0 aliphatic carbocycles. The van der Waals surface area contributed by atoms with E-state index in [-0.39, 0.29) is 11.4 Å². The second-order valence-electron chi connectivity index (χ2n) is 8.53. The summed E-state index contributed by atoms with van der Waals surface area (Å²) in [6, 6.07) is 18.0. The molecule has 4 amide bonds. The van der Waals surface area contributed by atoms with E-state index in [1.165, 1.54) is 0 Å². The number of nitrogens with one attached hydrogen (secondary N) is 2. The fraction of sp³-hybridized carbons (Fsp3) is 0.207. The van der Waals surface area contributed by atoms with Crippen molar-refractivity contribution >= 4 is 35.1 Å². The first-order valence-corrected chi connectivity index (χ1v) is 12.2. The minimum atomic E-state index is -1.13. The van der Waals surface area contributed by atoms with Gasteiger partial charge in [-0.25, -0.2) is 9.69 Å². The fourth-order valence-corrected chi connectivity index (χ4v) is 4.30. The average Bonchev–Trinajstić information content (AvgIpc) is 3.22. The van der Waals surface area contributed by atoms with Gasteiger partial charge < -0.3 is 20.1 Å². The number of anilines is 1. The van der Waals surface area contributed by atoms with Crippen LogP contribution in [-0.4, -0.2) is 49.1 Å². The number of terminal acetylenes is 1. The molecule has 0 radical (unpaired) electrons. The number of benzene rings is 3. The Kier molecular flexibility index (Phi) is 8.64.